The molecule has 1 aromatic carbocycles. The minimum atomic E-state index is -0.929. The van der Waals surface area contributed by atoms with Crippen molar-refractivity contribution in [1.29, 1.82) is 0 Å². The van der Waals surface area contributed by atoms with Gasteiger partial charge in [0.15, 0.2) is 0 Å². The summed E-state index contributed by atoms with van der Waals surface area (Å²) < 4.78 is 0. The smallest absolute Gasteiger partial charge is 0.326 e. The number of nitrogens with one attached hydrogen (secondary N) is 1. The highest BCUT2D eigenvalue weighted by Crippen LogP contribution is 2.24. The quantitative estimate of drug-likeness (QED) is 0.788. The number of hydrogen-bond acceptors (Lipinski definition) is 3. The molecule has 0 aliphatic carbocycles. The van der Waals surface area contributed by atoms with Gasteiger partial charge >= 0.3 is 5.97 Å². The first-order valence-electron chi connectivity index (χ1n) is 6.87. The molecule has 1 aliphatic heterocycles. The highest BCUT2D eigenvalue weighted by Gasteiger charge is 2.33. The zero-order chi connectivity index (χ0) is 14.5. The Labute approximate surface area is 118 Å². The van der Waals surface area contributed by atoms with Crippen molar-refractivity contribution in [3.63, 3.8) is 0 Å². The third kappa shape index (κ3) is 3.17. The van der Waals surface area contributed by atoms with Gasteiger partial charge in [-0.15, -0.1) is 0 Å². The number of carboxylic acid groups (broad SMARTS) is 1. The number of aliphatic carboxylic acids is 1. The topological polar surface area (TPSA) is 69.6 Å². The van der Waals surface area contributed by atoms with E-state index in [2.05, 4.69) is 5.32 Å². The summed E-state index contributed by atoms with van der Waals surface area (Å²) in [6.07, 6.45) is 1.50. The van der Waals surface area contributed by atoms with Crippen molar-refractivity contribution in [2.24, 2.45) is 0 Å². The fraction of sp³-hybridized carbons (Fsp3) is 0.467. The molecule has 2 rings (SSSR count). The molecule has 1 atom stereocenters. The van der Waals surface area contributed by atoms with Crippen LogP contribution >= 0.6 is 0 Å². The van der Waals surface area contributed by atoms with Crippen molar-refractivity contribution in [3.8, 4) is 0 Å². The Morgan fingerprint density at radius 3 is 2.70 bits per heavy atom. The molecule has 1 aliphatic rings. The van der Waals surface area contributed by atoms with Gasteiger partial charge in [-0.25, -0.2) is 4.79 Å². The van der Waals surface area contributed by atoms with Gasteiger partial charge in [-0.3, -0.25) is 4.79 Å². The highest BCUT2D eigenvalue weighted by atomic mass is 16.4. The van der Waals surface area contributed by atoms with E-state index >= 15 is 0 Å². The first kappa shape index (κ1) is 14.5. The van der Waals surface area contributed by atoms with E-state index < -0.39 is 12.0 Å². The van der Waals surface area contributed by atoms with Crippen LogP contribution in [0, 0.1) is 0 Å². The predicted octanol–water partition coefficient (Wildman–Crippen LogP) is 1.02. The number of carboxylic acids is 1. The summed E-state index contributed by atoms with van der Waals surface area (Å²) in [5.74, 6) is -1.01. The van der Waals surface area contributed by atoms with Crippen LogP contribution < -0.4 is 5.32 Å². The molecule has 0 aromatic heterocycles. The van der Waals surface area contributed by atoms with E-state index in [1.54, 1.807) is 0 Å². The average molecular weight is 276 g/mol. The third-order valence-electron chi connectivity index (χ3n) is 3.67. The van der Waals surface area contributed by atoms with Gasteiger partial charge in [0.25, 0.3) is 0 Å². The number of nitrogens with zero attached hydrogens (tertiary/aromatic N) is 1. The van der Waals surface area contributed by atoms with Crippen LogP contribution in [0.15, 0.2) is 24.3 Å². The fourth-order valence-corrected chi connectivity index (χ4v) is 2.57. The predicted molar refractivity (Wildman–Crippen MR) is 75.3 cm³/mol. The van der Waals surface area contributed by atoms with Crippen LogP contribution in [0.2, 0.25) is 0 Å². The number of amides is 1. The Balaban J connectivity index is 2.13. The third-order valence-corrected chi connectivity index (χ3v) is 3.67. The lowest BCUT2D eigenvalue weighted by atomic mass is 9.93. The largest absolute Gasteiger partial charge is 0.480 e. The standard InChI is InChI=1S/C15H20N2O3/c1-16-8-4-7-14(18)17-10-12-6-3-2-5-11(12)9-13(17)15(19)20/h2-3,5-6,13,16H,4,7-10H2,1H3,(H,19,20)/t13-/m1/s1. The van der Waals surface area contributed by atoms with Crippen LogP contribution in [0.1, 0.15) is 24.0 Å². The maximum atomic E-state index is 12.2. The molecule has 0 saturated carbocycles. The number of fused-ring (bicyclic) bond motifs is 1. The molecule has 0 bridgehead atoms. The van der Waals surface area contributed by atoms with Crippen LogP contribution in [0.5, 0.6) is 0 Å². The molecule has 1 aromatic rings. The van der Waals surface area contributed by atoms with Crippen LogP contribution in [-0.4, -0.2) is 41.5 Å². The fourth-order valence-electron chi connectivity index (χ4n) is 2.57. The Morgan fingerprint density at radius 2 is 2.05 bits per heavy atom. The first-order valence-corrected chi connectivity index (χ1v) is 6.87. The zero-order valence-electron chi connectivity index (χ0n) is 11.6. The molecule has 0 fully saturated rings. The maximum absolute atomic E-state index is 12.2. The van der Waals surface area contributed by atoms with Crippen molar-refractivity contribution in [3.05, 3.63) is 35.4 Å². The van der Waals surface area contributed by atoms with Gasteiger partial charge in [-0.2, -0.15) is 0 Å². The SMILES string of the molecule is CNCCCC(=O)N1Cc2ccccc2C[C@@H]1C(=O)O. The minimum Gasteiger partial charge on any atom is -0.480 e. The lowest BCUT2D eigenvalue weighted by molar-refractivity contribution is -0.151. The molecule has 5 heteroatoms. The molecular weight excluding hydrogens is 256 g/mol. The van der Waals surface area contributed by atoms with Crippen LogP contribution in [-0.2, 0) is 22.6 Å². The molecule has 1 amide bonds. The monoisotopic (exact) mass is 276 g/mol. The zero-order valence-corrected chi connectivity index (χ0v) is 11.6. The van der Waals surface area contributed by atoms with E-state index in [9.17, 15) is 14.7 Å². The minimum absolute atomic E-state index is 0.0813. The molecule has 0 saturated heterocycles. The molecule has 1 heterocycles. The highest BCUT2D eigenvalue weighted by molar-refractivity contribution is 5.84. The Morgan fingerprint density at radius 1 is 1.35 bits per heavy atom. The molecule has 0 unspecified atom stereocenters. The van der Waals surface area contributed by atoms with E-state index in [0.29, 0.717) is 19.4 Å². The summed E-state index contributed by atoms with van der Waals surface area (Å²) in [5.41, 5.74) is 2.08. The second kappa shape index (κ2) is 6.52. The van der Waals surface area contributed by atoms with Crippen LogP contribution in [0.4, 0.5) is 0 Å². The van der Waals surface area contributed by atoms with Crippen molar-refractivity contribution in [2.45, 2.75) is 31.8 Å². The van der Waals surface area contributed by atoms with Gasteiger partial charge < -0.3 is 15.3 Å². The van der Waals surface area contributed by atoms with E-state index in [1.165, 1.54) is 4.90 Å². The van der Waals surface area contributed by atoms with Gasteiger partial charge in [0.1, 0.15) is 6.04 Å². The second-order valence-corrected chi connectivity index (χ2v) is 5.06. The second-order valence-electron chi connectivity index (χ2n) is 5.06. The van der Waals surface area contributed by atoms with Gasteiger partial charge in [0, 0.05) is 19.4 Å². The molecule has 2 N–H and O–H groups in total. The molecule has 108 valence electrons. The summed E-state index contributed by atoms with van der Waals surface area (Å²) in [6, 6.07) is 6.98. The number of rotatable bonds is 5. The Hall–Kier alpha value is -1.88. The normalized spacial score (nSPS) is 17.6. The Kier molecular flexibility index (Phi) is 4.74. The lowest BCUT2D eigenvalue weighted by Crippen LogP contribution is -2.48. The van der Waals surface area contributed by atoms with E-state index in [-0.39, 0.29) is 5.91 Å². The molecular formula is C15H20N2O3. The molecule has 5 nitrogen and oxygen atoms in total. The summed E-state index contributed by atoms with van der Waals surface area (Å²) in [4.78, 5) is 25.1. The number of hydrogen-bond donors (Lipinski definition) is 2. The number of carbonyl (C=O) groups excluding carboxylic acids is 1. The molecule has 0 spiro atoms. The van der Waals surface area contributed by atoms with Gasteiger partial charge in [-0.1, -0.05) is 24.3 Å². The summed E-state index contributed by atoms with van der Waals surface area (Å²) in [7, 11) is 1.83. The van der Waals surface area contributed by atoms with E-state index in [0.717, 1.165) is 24.1 Å². The summed E-state index contributed by atoms with van der Waals surface area (Å²) >= 11 is 0. The van der Waals surface area contributed by atoms with Crippen molar-refractivity contribution < 1.29 is 14.7 Å². The van der Waals surface area contributed by atoms with Crippen molar-refractivity contribution in [1.82, 2.24) is 10.2 Å². The van der Waals surface area contributed by atoms with Gasteiger partial charge in [0.05, 0.1) is 0 Å². The average Bonchev–Trinajstić information content (AvgIpc) is 2.46. The number of benzene rings is 1. The van der Waals surface area contributed by atoms with Gasteiger partial charge in [-0.05, 0) is 31.1 Å². The summed E-state index contributed by atoms with van der Waals surface area (Å²) in [5, 5.41) is 12.3. The molecule has 20 heavy (non-hydrogen) atoms. The maximum Gasteiger partial charge on any atom is 0.326 e. The van der Waals surface area contributed by atoms with Gasteiger partial charge in [0.2, 0.25) is 5.91 Å². The Bertz CT molecular complexity index is 502. The van der Waals surface area contributed by atoms with E-state index in [4.69, 9.17) is 0 Å². The van der Waals surface area contributed by atoms with Crippen LogP contribution in [0.25, 0.3) is 0 Å². The van der Waals surface area contributed by atoms with Crippen LogP contribution in [0.3, 0.4) is 0 Å². The van der Waals surface area contributed by atoms with Crippen molar-refractivity contribution in [2.75, 3.05) is 13.6 Å². The van der Waals surface area contributed by atoms with Crippen molar-refractivity contribution >= 4 is 11.9 Å². The van der Waals surface area contributed by atoms with E-state index in [1.807, 2.05) is 31.3 Å². The lowest BCUT2D eigenvalue weighted by Gasteiger charge is -2.34. The first-order chi connectivity index (χ1) is 9.63. The number of carbonyl (C=O) groups is 2. The summed E-state index contributed by atoms with van der Waals surface area (Å²) in [6.45, 7) is 1.15. The molecule has 0 radical (unpaired) electrons.